The fourth-order valence-electron chi connectivity index (χ4n) is 4.20. The van der Waals surface area contributed by atoms with E-state index in [4.69, 9.17) is 4.74 Å². The number of alkyl halides is 3. The third-order valence-electron chi connectivity index (χ3n) is 6.20. The number of carbonyl (C=O) groups is 1. The number of hydrogen-bond acceptors (Lipinski definition) is 3. The van der Waals surface area contributed by atoms with Gasteiger partial charge in [-0.2, -0.15) is 13.2 Å². The topological polar surface area (TPSA) is 53.6 Å². The van der Waals surface area contributed by atoms with E-state index in [9.17, 15) is 18.0 Å². The van der Waals surface area contributed by atoms with E-state index < -0.39 is 11.7 Å². The summed E-state index contributed by atoms with van der Waals surface area (Å²) >= 11 is 0. The van der Waals surface area contributed by atoms with Gasteiger partial charge in [-0.25, -0.2) is 4.79 Å². The molecular weight excluding hydrogens is 467 g/mol. The van der Waals surface area contributed by atoms with Crippen molar-refractivity contribution < 1.29 is 22.7 Å². The van der Waals surface area contributed by atoms with Gasteiger partial charge in [0.15, 0.2) is 0 Å². The Hall–Kier alpha value is -3.52. The lowest BCUT2D eigenvalue weighted by Gasteiger charge is -2.32. The van der Waals surface area contributed by atoms with Crippen LogP contribution in [0.4, 0.5) is 18.0 Å². The minimum Gasteiger partial charge on any atom is -0.457 e. The molecule has 0 unspecified atom stereocenters. The van der Waals surface area contributed by atoms with E-state index in [1.54, 1.807) is 6.07 Å². The average molecular weight is 498 g/mol. The summed E-state index contributed by atoms with van der Waals surface area (Å²) in [4.78, 5) is 14.6. The highest BCUT2D eigenvalue weighted by Gasteiger charge is 2.30. The zero-order chi connectivity index (χ0) is 25.5. The second kappa shape index (κ2) is 11.5. The molecule has 8 heteroatoms. The van der Waals surface area contributed by atoms with Crippen molar-refractivity contribution in [3.8, 4) is 11.5 Å². The molecule has 0 radical (unpaired) electrons. The number of nitrogens with zero attached hydrogens (tertiary/aromatic N) is 1. The first-order valence-corrected chi connectivity index (χ1v) is 12.0. The molecule has 5 nitrogen and oxygen atoms in total. The molecule has 1 fully saturated rings. The van der Waals surface area contributed by atoms with Gasteiger partial charge in [-0.3, -0.25) is 4.90 Å². The molecule has 0 atom stereocenters. The zero-order valence-corrected chi connectivity index (χ0v) is 20.1. The van der Waals surface area contributed by atoms with Gasteiger partial charge in [0.05, 0.1) is 5.56 Å². The van der Waals surface area contributed by atoms with Crippen LogP contribution in [0.5, 0.6) is 11.5 Å². The molecule has 0 saturated carbocycles. The van der Waals surface area contributed by atoms with Crippen LogP contribution in [0, 0.1) is 6.92 Å². The fourth-order valence-corrected chi connectivity index (χ4v) is 4.20. The molecule has 0 bridgehead atoms. The van der Waals surface area contributed by atoms with Crippen LogP contribution in [0.3, 0.4) is 0 Å². The van der Waals surface area contributed by atoms with E-state index >= 15 is 0 Å². The maximum atomic E-state index is 13.0. The molecule has 3 aromatic carbocycles. The van der Waals surface area contributed by atoms with Crippen molar-refractivity contribution in [1.29, 1.82) is 0 Å². The monoisotopic (exact) mass is 497 g/mol. The first-order valence-electron chi connectivity index (χ1n) is 12.0. The number of aryl methyl sites for hydroxylation is 1. The van der Waals surface area contributed by atoms with Gasteiger partial charge in [-0.05, 0) is 61.2 Å². The molecular formula is C28H30F3N3O2. The molecule has 0 aliphatic carbocycles. The molecule has 1 aliphatic rings. The van der Waals surface area contributed by atoms with E-state index in [0.29, 0.717) is 18.8 Å². The van der Waals surface area contributed by atoms with Crippen LogP contribution in [0.2, 0.25) is 0 Å². The first-order chi connectivity index (χ1) is 17.2. The molecule has 0 spiro atoms. The average Bonchev–Trinajstić information content (AvgIpc) is 2.85. The minimum absolute atomic E-state index is 0.120. The normalized spacial score (nSPS) is 14.9. The Bertz CT molecular complexity index is 1160. The van der Waals surface area contributed by atoms with E-state index in [1.807, 2.05) is 49.4 Å². The Kier molecular flexibility index (Phi) is 8.15. The summed E-state index contributed by atoms with van der Waals surface area (Å²) in [5, 5.41) is 5.97. The van der Waals surface area contributed by atoms with Gasteiger partial charge in [0.1, 0.15) is 11.5 Å². The molecule has 4 rings (SSSR count). The molecule has 0 aromatic heterocycles. The Morgan fingerprint density at radius 3 is 2.31 bits per heavy atom. The molecule has 2 N–H and O–H groups in total. The summed E-state index contributed by atoms with van der Waals surface area (Å²) in [5.41, 5.74) is 2.52. The summed E-state index contributed by atoms with van der Waals surface area (Å²) in [6.07, 6.45) is -2.72. The van der Waals surface area contributed by atoms with Crippen LogP contribution in [-0.2, 0) is 19.3 Å². The molecule has 36 heavy (non-hydrogen) atoms. The van der Waals surface area contributed by atoms with Crippen molar-refractivity contribution in [3.05, 3.63) is 95.1 Å². The van der Waals surface area contributed by atoms with E-state index in [2.05, 4.69) is 15.5 Å². The summed E-state index contributed by atoms with van der Waals surface area (Å²) in [7, 11) is 0. The number of benzene rings is 3. The highest BCUT2D eigenvalue weighted by atomic mass is 19.4. The van der Waals surface area contributed by atoms with Crippen LogP contribution in [0.1, 0.15) is 35.1 Å². The van der Waals surface area contributed by atoms with Gasteiger partial charge in [0, 0.05) is 32.2 Å². The van der Waals surface area contributed by atoms with Gasteiger partial charge in [-0.1, -0.05) is 48.0 Å². The van der Waals surface area contributed by atoms with Gasteiger partial charge in [0.2, 0.25) is 0 Å². The quantitative estimate of drug-likeness (QED) is 0.405. The Labute approximate surface area is 209 Å². The predicted octanol–water partition coefficient (Wildman–Crippen LogP) is 6.27. The predicted molar refractivity (Wildman–Crippen MR) is 133 cm³/mol. The number of hydrogen-bond donors (Lipinski definition) is 2. The van der Waals surface area contributed by atoms with Crippen molar-refractivity contribution in [2.45, 2.75) is 45.1 Å². The summed E-state index contributed by atoms with van der Waals surface area (Å²) in [6, 6.07) is 20.3. The van der Waals surface area contributed by atoms with Crippen molar-refractivity contribution in [1.82, 2.24) is 15.5 Å². The van der Waals surface area contributed by atoms with E-state index in [-0.39, 0.29) is 17.8 Å². The number of amides is 2. The highest BCUT2D eigenvalue weighted by molar-refractivity contribution is 5.74. The number of piperidine rings is 1. The van der Waals surface area contributed by atoms with Crippen LogP contribution in [0.25, 0.3) is 0 Å². The molecule has 1 aliphatic heterocycles. The third kappa shape index (κ3) is 7.49. The van der Waals surface area contributed by atoms with Gasteiger partial charge < -0.3 is 15.4 Å². The van der Waals surface area contributed by atoms with Crippen molar-refractivity contribution >= 4 is 6.03 Å². The Balaban J connectivity index is 1.23. The highest BCUT2D eigenvalue weighted by Crippen LogP contribution is 2.33. The lowest BCUT2D eigenvalue weighted by Crippen LogP contribution is -2.47. The Morgan fingerprint density at radius 1 is 0.944 bits per heavy atom. The second-order valence-electron chi connectivity index (χ2n) is 9.14. The van der Waals surface area contributed by atoms with Crippen LogP contribution < -0.4 is 15.4 Å². The van der Waals surface area contributed by atoms with Crippen LogP contribution in [0.15, 0.2) is 72.8 Å². The maximum absolute atomic E-state index is 13.0. The number of nitrogens with one attached hydrogen (secondary N) is 2. The smallest absolute Gasteiger partial charge is 0.416 e. The number of rotatable bonds is 7. The van der Waals surface area contributed by atoms with Gasteiger partial charge in [-0.15, -0.1) is 0 Å². The van der Waals surface area contributed by atoms with Crippen molar-refractivity contribution in [3.63, 3.8) is 0 Å². The number of likely N-dealkylation sites (tertiary alicyclic amines) is 1. The number of halogens is 3. The molecule has 3 aromatic rings. The number of urea groups is 1. The third-order valence-corrected chi connectivity index (χ3v) is 6.20. The van der Waals surface area contributed by atoms with Crippen LogP contribution in [-0.4, -0.2) is 30.1 Å². The standard InChI is InChI=1S/C28H30F3N3O2/c1-20-8-10-21(11-9-20)18-32-27(35)33-24-12-14-34(15-13-24)19-22-4-2-6-25(16-22)36-26-7-3-5-23(17-26)28(29,30)31/h2-11,16-17,24H,12-15,18-19H2,1H3,(H2,32,33,35). The lowest BCUT2D eigenvalue weighted by atomic mass is 10.0. The van der Waals surface area contributed by atoms with Crippen LogP contribution >= 0.6 is 0 Å². The van der Waals surface area contributed by atoms with Gasteiger partial charge >= 0.3 is 12.2 Å². The summed E-state index contributed by atoms with van der Waals surface area (Å²) in [6.45, 7) is 4.89. The van der Waals surface area contributed by atoms with E-state index in [1.165, 1.54) is 17.7 Å². The number of ether oxygens (including phenoxy) is 1. The molecule has 1 heterocycles. The Morgan fingerprint density at radius 2 is 1.61 bits per heavy atom. The molecule has 1 saturated heterocycles. The second-order valence-corrected chi connectivity index (χ2v) is 9.14. The molecule has 2 amide bonds. The van der Waals surface area contributed by atoms with Gasteiger partial charge in [0.25, 0.3) is 0 Å². The van der Waals surface area contributed by atoms with Crippen molar-refractivity contribution in [2.75, 3.05) is 13.1 Å². The fraction of sp³-hybridized carbons (Fsp3) is 0.321. The van der Waals surface area contributed by atoms with E-state index in [0.717, 1.165) is 49.2 Å². The maximum Gasteiger partial charge on any atom is 0.416 e. The SMILES string of the molecule is Cc1ccc(CNC(=O)NC2CCN(Cc3cccc(Oc4cccc(C(F)(F)F)c4)c3)CC2)cc1. The summed E-state index contributed by atoms with van der Waals surface area (Å²) in [5.74, 6) is 0.642. The minimum atomic E-state index is -4.41. The molecule has 190 valence electrons. The number of carbonyl (C=O) groups excluding carboxylic acids is 1. The zero-order valence-electron chi connectivity index (χ0n) is 20.1. The summed E-state index contributed by atoms with van der Waals surface area (Å²) < 4.78 is 44.6. The first kappa shape index (κ1) is 25.6. The largest absolute Gasteiger partial charge is 0.457 e. The van der Waals surface area contributed by atoms with Crippen molar-refractivity contribution in [2.24, 2.45) is 0 Å². The lowest BCUT2D eigenvalue weighted by molar-refractivity contribution is -0.137.